The van der Waals surface area contributed by atoms with E-state index in [9.17, 15) is 4.79 Å². The minimum absolute atomic E-state index is 0.362. The Morgan fingerprint density at radius 1 is 1.12 bits per heavy atom. The average Bonchev–Trinajstić information content (AvgIpc) is 3.11. The molecule has 0 bridgehead atoms. The summed E-state index contributed by atoms with van der Waals surface area (Å²) in [6.07, 6.45) is 7.77. The van der Waals surface area contributed by atoms with Crippen LogP contribution in [0.2, 0.25) is 0 Å². The fourth-order valence-corrected chi connectivity index (χ4v) is 2.57. The van der Waals surface area contributed by atoms with Crippen LogP contribution in [0.1, 0.15) is 23.2 Å². The Kier molecular flexibility index (Phi) is 6.02. The minimum atomic E-state index is 0.362. The molecule has 3 rings (SSSR count). The average molecular weight is 348 g/mol. The maximum atomic E-state index is 10.9. The smallest absolute Gasteiger partial charge is 0.150 e. The molecule has 2 aromatic carbocycles. The first-order valence-corrected chi connectivity index (χ1v) is 8.49. The van der Waals surface area contributed by atoms with Crippen LogP contribution in [0, 0.1) is 12.3 Å². The van der Waals surface area contributed by atoms with Gasteiger partial charge in [-0.05, 0) is 55.3 Å². The van der Waals surface area contributed by atoms with Gasteiger partial charge in [-0.25, -0.2) is 4.98 Å². The number of H-pyrrole nitrogens is 1. The number of carbonyl (C=O) groups excluding carboxylic acids is 1. The van der Waals surface area contributed by atoms with Crippen molar-refractivity contribution in [2.24, 2.45) is 0 Å². The fourth-order valence-electron chi connectivity index (χ4n) is 2.57. The van der Waals surface area contributed by atoms with Crippen LogP contribution < -0.4 is 4.74 Å². The predicted molar refractivity (Wildman–Crippen MR) is 101 cm³/mol. The van der Waals surface area contributed by atoms with E-state index in [4.69, 9.17) is 15.9 Å². The molecule has 1 heterocycles. The number of hydrogen-bond donors (Lipinski definition) is 1. The van der Waals surface area contributed by atoms with Crippen molar-refractivity contribution in [1.82, 2.24) is 9.97 Å². The number of terminal acetylenes is 1. The van der Waals surface area contributed by atoms with E-state index < -0.39 is 0 Å². The fraction of sp³-hybridized carbons (Fsp3) is 0.238. The summed E-state index contributed by atoms with van der Waals surface area (Å²) in [6, 6.07) is 13.2. The number of ether oxygens (including phenoxy) is 2. The van der Waals surface area contributed by atoms with Gasteiger partial charge in [0.05, 0.1) is 17.6 Å². The van der Waals surface area contributed by atoms with Crippen LogP contribution in [0.5, 0.6) is 5.75 Å². The second-order valence-electron chi connectivity index (χ2n) is 5.82. The van der Waals surface area contributed by atoms with Crippen LogP contribution in [0.4, 0.5) is 0 Å². The summed E-state index contributed by atoms with van der Waals surface area (Å²) in [7, 11) is 0. The molecule has 0 fully saturated rings. The Morgan fingerprint density at radius 2 is 1.92 bits per heavy atom. The van der Waals surface area contributed by atoms with Gasteiger partial charge < -0.3 is 14.5 Å². The number of carbonyl (C=O) groups is 1. The number of aromatic nitrogens is 2. The summed E-state index contributed by atoms with van der Waals surface area (Å²) < 4.78 is 10.9. The van der Waals surface area contributed by atoms with E-state index in [1.165, 1.54) is 0 Å². The molecule has 0 amide bonds. The van der Waals surface area contributed by atoms with E-state index in [1.807, 2.05) is 30.3 Å². The molecule has 0 aliphatic rings. The number of fused-ring (bicyclic) bond motifs is 1. The van der Waals surface area contributed by atoms with Gasteiger partial charge in [0, 0.05) is 17.7 Å². The maximum Gasteiger partial charge on any atom is 0.150 e. The molecule has 0 aliphatic carbocycles. The first-order chi connectivity index (χ1) is 12.8. The highest BCUT2D eigenvalue weighted by Crippen LogP contribution is 2.23. The van der Waals surface area contributed by atoms with Gasteiger partial charge in [-0.2, -0.15) is 0 Å². The number of benzene rings is 2. The van der Waals surface area contributed by atoms with E-state index in [1.54, 1.807) is 12.1 Å². The second-order valence-corrected chi connectivity index (χ2v) is 5.82. The largest absolute Gasteiger partial charge is 0.494 e. The monoisotopic (exact) mass is 348 g/mol. The normalized spacial score (nSPS) is 10.6. The van der Waals surface area contributed by atoms with Crippen molar-refractivity contribution < 1.29 is 14.3 Å². The lowest BCUT2D eigenvalue weighted by atomic mass is 10.2. The topological polar surface area (TPSA) is 64.2 Å². The predicted octanol–water partition coefficient (Wildman–Crippen LogP) is 3.85. The van der Waals surface area contributed by atoms with Gasteiger partial charge in [-0.1, -0.05) is 5.92 Å². The second kappa shape index (κ2) is 8.84. The van der Waals surface area contributed by atoms with Crippen molar-refractivity contribution in [2.75, 3.05) is 19.8 Å². The molecule has 0 unspecified atom stereocenters. The van der Waals surface area contributed by atoms with Crippen molar-refractivity contribution in [3.8, 4) is 29.5 Å². The summed E-state index contributed by atoms with van der Waals surface area (Å²) in [5, 5.41) is 0. The molecule has 5 heteroatoms. The molecule has 0 radical (unpaired) electrons. The molecule has 132 valence electrons. The highest BCUT2D eigenvalue weighted by molar-refractivity contribution is 5.86. The number of aldehydes is 1. The molecule has 0 spiro atoms. The highest BCUT2D eigenvalue weighted by atomic mass is 16.5. The zero-order valence-corrected chi connectivity index (χ0v) is 14.4. The number of nitrogens with zero attached hydrogens (tertiary/aromatic N) is 1. The lowest BCUT2D eigenvalue weighted by Crippen LogP contribution is -2.01. The number of hydrogen-bond acceptors (Lipinski definition) is 4. The summed E-state index contributed by atoms with van der Waals surface area (Å²) in [6.45, 7) is 1.66. The maximum absolute atomic E-state index is 10.9. The summed E-state index contributed by atoms with van der Waals surface area (Å²) in [5.41, 5.74) is 3.26. The first-order valence-electron chi connectivity index (χ1n) is 8.49. The minimum Gasteiger partial charge on any atom is -0.494 e. The number of rotatable bonds is 9. The lowest BCUT2D eigenvalue weighted by Gasteiger charge is -2.06. The van der Waals surface area contributed by atoms with Gasteiger partial charge in [0.2, 0.25) is 0 Å². The van der Waals surface area contributed by atoms with Crippen molar-refractivity contribution >= 4 is 17.3 Å². The molecule has 0 atom stereocenters. The van der Waals surface area contributed by atoms with Crippen molar-refractivity contribution in [1.29, 1.82) is 0 Å². The van der Waals surface area contributed by atoms with E-state index in [2.05, 4.69) is 15.9 Å². The third-order valence-corrected chi connectivity index (χ3v) is 3.91. The molecule has 1 aromatic heterocycles. The molecule has 26 heavy (non-hydrogen) atoms. The standard InChI is InChI=1S/C21H20N2O3/c1-2-11-25-12-3-4-13-26-18-8-6-17(7-9-18)21-22-19-10-5-16(15-24)14-20(19)23-21/h1,5-10,14-15H,3-4,11-13H2,(H,22,23). The van der Waals surface area contributed by atoms with Gasteiger partial charge in [-0.3, -0.25) is 4.79 Å². The van der Waals surface area contributed by atoms with E-state index in [0.29, 0.717) is 25.4 Å². The summed E-state index contributed by atoms with van der Waals surface area (Å²) >= 11 is 0. The van der Waals surface area contributed by atoms with Gasteiger partial charge in [0.1, 0.15) is 24.5 Å². The molecule has 1 N–H and O–H groups in total. The third-order valence-electron chi connectivity index (χ3n) is 3.91. The van der Waals surface area contributed by atoms with Crippen LogP contribution in [0.25, 0.3) is 22.4 Å². The van der Waals surface area contributed by atoms with Crippen molar-refractivity contribution in [2.45, 2.75) is 12.8 Å². The van der Waals surface area contributed by atoms with Crippen LogP contribution in [-0.4, -0.2) is 36.1 Å². The van der Waals surface area contributed by atoms with Crippen LogP contribution in [-0.2, 0) is 4.74 Å². The van der Waals surface area contributed by atoms with Gasteiger partial charge in [0.15, 0.2) is 0 Å². The number of nitrogens with one attached hydrogen (secondary N) is 1. The van der Waals surface area contributed by atoms with Crippen molar-refractivity contribution in [3.05, 3.63) is 48.0 Å². The van der Waals surface area contributed by atoms with Crippen LogP contribution in [0.15, 0.2) is 42.5 Å². The summed E-state index contributed by atoms with van der Waals surface area (Å²) in [4.78, 5) is 18.7. The Morgan fingerprint density at radius 3 is 2.69 bits per heavy atom. The zero-order valence-electron chi connectivity index (χ0n) is 14.4. The Hall–Kier alpha value is -3.10. The van der Waals surface area contributed by atoms with Crippen LogP contribution in [0.3, 0.4) is 0 Å². The quantitative estimate of drug-likeness (QED) is 0.362. The third kappa shape index (κ3) is 4.50. The lowest BCUT2D eigenvalue weighted by molar-refractivity contribution is 0.112. The molecule has 0 saturated heterocycles. The summed E-state index contributed by atoms with van der Waals surface area (Å²) in [5.74, 6) is 4.02. The van der Waals surface area contributed by atoms with Crippen LogP contribution >= 0.6 is 0 Å². The van der Waals surface area contributed by atoms with E-state index in [-0.39, 0.29) is 0 Å². The Bertz CT molecular complexity index is 907. The van der Waals surface area contributed by atoms with Crippen molar-refractivity contribution in [3.63, 3.8) is 0 Å². The molecular weight excluding hydrogens is 328 g/mol. The Balaban J connectivity index is 1.56. The van der Waals surface area contributed by atoms with E-state index >= 15 is 0 Å². The molecule has 5 nitrogen and oxygen atoms in total. The number of aromatic amines is 1. The highest BCUT2D eigenvalue weighted by Gasteiger charge is 2.06. The van der Waals surface area contributed by atoms with E-state index in [0.717, 1.165) is 47.3 Å². The first kappa shape index (κ1) is 17.7. The number of imidazole rings is 1. The molecule has 3 aromatic rings. The Labute approximate surface area is 152 Å². The van der Waals surface area contributed by atoms with Gasteiger partial charge in [-0.15, -0.1) is 6.42 Å². The molecule has 0 saturated carbocycles. The van der Waals surface area contributed by atoms with Gasteiger partial charge in [0.25, 0.3) is 0 Å². The molecule has 0 aliphatic heterocycles. The SMILES string of the molecule is C#CCOCCCCOc1ccc(-c2nc3ccc(C=O)cc3[nH]2)cc1. The molecular formula is C21H20N2O3. The van der Waals surface area contributed by atoms with Gasteiger partial charge >= 0.3 is 0 Å². The zero-order chi connectivity index (χ0) is 18.2. The number of unbranched alkanes of at least 4 members (excludes halogenated alkanes) is 1.